The smallest absolute Gasteiger partial charge is 0.389 e. The summed E-state index contributed by atoms with van der Waals surface area (Å²) in [7, 11) is 3.41. The van der Waals surface area contributed by atoms with E-state index in [4.69, 9.17) is 56.1 Å². The molecule has 0 bridgehead atoms. The van der Waals surface area contributed by atoms with E-state index < -0.39 is 82.7 Å². The highest BCUT2D eigenvalue weighted by molar-refractivity contribution is 8.54. The fourth-order valence-corrected chi connectivity index (χ4v) is 14.8. The van der Waals surface area contributed by atoms with E-state index in [0.29, 0.717) is 35.8 Å². The number of halogens is 2. The lowest BCUT2D eigenvalue weighted by atomic mass is 9.96. The summed E-state index contributed by atoms with van der Waals surface area (Å²) in [5.41, 5.74) is 19.8. The number of benzene rings is 4. The van der Waals surface area contributed by atoms with Gasteiger partial charge < -0.3 is 44.4 Å². The van der Waals surface area contributed by atoms with Crippen LogP contribution in [0.2, 0.25) is 0 Å². The van der Waals surface area contributed by atoms with Crippen molar-refractivity contribution in [1.82, 2.24) is 49.0 Å². The highest BCUT2D eigenvalue weighted by Crippen LogP contribution is 2.65. The number of fused-ring (bicyclic) bond motifs is 9. The second-order valence-electron chi connectivity index (χ2n) is 19.8. The molecule has 83 heavy (non-hydrogen) atoms. The van der Waals surface area contributed by atoms with Crippen LogP contribution in [0.5, 0.6) is 11.5 Å². The van der Waals surface area contributed by atoms with Crippen molar-refractivity contribution in [3.05, 3.63) is 145 Å². The summed E-state index contributed by atoms with van der Waals surface area (Å²) >= 11 is 0.675. The van der Waals surface area contributed by atoms with Crippen molar-refractivity contribution < 1.29 is 59.7 Å². The number of rotatable bonds is 11. The van der Waals surface area contributed by atoms with Gasteiger partial charge in [-0.3, -0.25) is 22.7 Å². The second kappa shape index (κ2) is 22.2. The Kier molecular flexibility index (Phi) is 14.6. The number of alkyl halides is 2. The SMILES string of the molecule is [B][P@@]1(=O)OC[C@H]2O[C@@H](n3cnc4c(N)ccnc43)[C@H](F)[C@@H]2O[P@](=O)(SCc2ccc(OC(=O)c3ccc(OCCn4nnc5c4-c4ccccc4CN(C)c4ccccc4-5)cc3)cc2)OC[C@H]2O[C@@H](n3cnc4c(N)ncnc43)[C@H](F)[C@@H]2O1. The Bertz CT molecular complexity index is 4020. The van der Waals surface area contributed by atoms with Crippen LogP contribution in [-0.2, 0) is 55.5 Å². The predicted octanol–water partition coefficient (Wildman–Crippen LogP) is 8.22. The van der Waals surface area contributed by atoms with Crippen molar-refractivity contribution in [3.63, 3.8) is 0 Å². The molecule has 4 aromatic carbocycles. The first kappa shape index (κ1) is 54.6. The van der Waals surface area contributed by atoms with E-state index >= 15 is 13.3 Å². The molecule has 0 aliphatic carbocycles. The average molecular weight is 1190 g/mol. The number of nitrogen functional groups attached to an aromatic ring is 2. The van der Waals surface area contributed by atoms with Gasteiger partial charge in [0.1, 0.15) is 65.6 Å². The van der Waals surface area contributed by atoms with E-state index in [0.717, 1.165) is 40.1 Å². The van der Waals surface area contributed by atoms with Crippen LogP contribution < -0.4 is 25.8 Å². The van der Waals surface area contributed by atoms with Crippen LogP contribution in [-0.4, -0.2) is 126 Å². The molecule has 424 valence electrons. The molecule has 0 saturated carbocycles. The molecular weight excluding hydrogens is 1140 g/mol. The van der Waals surface area contributed by atoms with Gasteiger partial charge in [0.05, 0.1) is 49.4 Å². The van der Waals surface area contributed by atoms with Gasteiger partial charge in [0, 0.05) is 42.4 Å². The summed E-state index contributed by atoms with van der Waals surface area (Å²) in [6.07, 6.45) is -8.70. The molecule has 10 atom stereocenters. The zero-order valence-corrected chi connectivity index (χ0v) is 46.3. The van der Waals surface area contributed by atoms with Gasteiger partial charge in [0.2, 0.25) is 7.57 Å². The molecule has 3 saturated heterocycles. The first-order valence-corrected chi connectivity index (χ1v) is 30.7. The van der Waals surface area contributed by atoms with Gasteiger partial charge in [-0.25, -0.2) is 47.7 Å². The fourth-order valence-electron chi connectivity index (χ4n) is 10.4. The number of nitrogens with zero attached hydrogens (tertiary/aromatic N) is 11. The van der Waals surface area contributed by atoms with Gasteiger partial charge in [0.15, 0.2) is 41.9 Å². The Morgan fingerprint density at radius 1 is 0.771 bits per heavy atom. The fraction of sp³-hybridized carbons (Fsp3) is 0.283. The molecule has 5 aromatic heterocycles. The molecule has 3 fully saturated rings. The minimum atomic E-state index is -4.72. The van der Waals surface area contributed by atoms with Gasteiger partial charge in [-0.15, -0.1) is 5.10 Å². The number of hydrogen-bond donors (Lipinski definition) is 2. The van der Waals surface area contributed by atoms with E-state index in [1.54, 1.807) is 48.5 Å². The molecule has 13 rings (SSSR count). The van der Waals surface area contributed by atoms with Crippen LogP contribution in [0.25, 0.3) is 44.8 Å². The van der Waals surface area contributed by atoms with E-state index in [1.165, 1.54) is 34.1 Å². The first-order chi connectivity index (χ1) is 40.2. The topological polar surface area (TPSA) is 285 Å². The number of nitrogens with two attached hydrogens (primary N) is 2. The monoisotopic (exact) mass is 1190 g/mol. The van der Waals surface area contributed by atoms with Crippen molar-refractivity contribution in [2.24, 2.45) is 0 Å². The van der Waals surface area contributed by atoms with Crippen molar-refractivity contribution in [2.45, 2.75) is 68.1 Å². The van der Waals surface area contributed by atoms with E-state index in [9.17, 15) is 9.36 Å². The molecule has 0 unspecified atom stereocenters. The van der Waals surface area contributed by atoms with Crippen molar-refractivity contribution in [3.8, 4) is 34.0 Å². The normalized spacial score (nSPS) is 26.1. The standard InChI is InChI=1S/C53H48BF2N13O11P2S/c1-66-22-31-6-2-3-7-34(31)45-42(35-8-4-5-9-37(35)66)64-65-69(45)20-21-73-32-16-12-30(13-17-32)53(70)76-33-14-10-29(11-15-33)25-83-82(72)75-24-39-46(40(55)51(78-39)68-28-63-44-48(58)60-26-61-50(44)68)79-81(54,71)74-23-38-47(80-82)41(56)52(77-38)67-27-62-43-36(57)18-19-59-49(43)67/h2-19,26-28,38-41,46-47,51-52H,20-25H2,1H3,(H2,57,59)(H2,58,60,61)/t38-,39-,40-,41-,46-,47-,51-,52-,81-,82-/m1/s1. The highest BCUT2D eigenvalue weighted by Gasteiger charge is 2.55. The zero-order valence-electron chi connectivity index (χ0n) is 43.7. The summed E-state index contributed by atoms with van der Waals surface area (Å²) in [6.45, 7) is -4.69. The molecule has 2 radical (unpaired) electrons. The molecular formula is C53H48BF2N13O11P2S. The number of carbonyl (C=O) groups excluding carboxylic acids is 1. The Labute approximate surface area is 475 Å². The van der Waals surface area contributed by atoms with Gasteiger partial charge >= 0.3 is 12.8 Å². The van der Waals surface area contributed by atoms with Crippen molar-refractivity contribution in [2.75, 3.05) is 43.2 Å². The van der Waals surface area contributed by atoms with Crippen LogP contribution in [0.1, 0.15) is 33.9 Å². The molecule has 4 aliphatic heterocycles. The van der Waals surface area contributed by atoms with Gasteiger partial charge in [-0.2, -0.15) is 0 Å². The first-order valence-electron chi connectivity index (χ1n) is 25.9. The molecule has 0 amide bonds. The Morgan fingerprint density at radius 2 is 1.43 bits per heavy atom. The maximum Gasteiger partial charge on any atom is 0.389 e. The van der Waals surface area contributed by atoms with E-state index in [2.05, 4.69) is 71.4 Å². The van der Waals surface area contributed by atoms with Crippen LogP contribution in [0.4, 0.5) is 26.0 Å². The van der Waals surface area contributed by atoms with Crippen LogP contribution >= 0.6 is 25.7 Å². The summed E-state index contributed by atoms with van der Waals surface area (Å²) in [5, 5.41) is 9.19. The third kappa shape index (κ3) is 10.6. The lowest BCUT2D eigenvalue weighted by Gasteiger charge is -2.30. The zero-order chi connectivity index (χ0) is 57.1. The summed E-state index contributed by atoms with van der Waals surface area (Å²) in [5.74, 6) is 0.0323. The third-order valence-corrected chi connectivity index (χ3v) is 19.2. The van der Waals surface area contributed by atoms with E-state index in [-0.39, 0.29) is 57.5 Å². The number of carbonyl (C=O) groups is 1. The second-order valence-corrected chi connectivity index (χ2v) is 25.3. The molecule has 9 heterocycles. The number of esters is 1. The lowest BCUT2D eigenvalue weighted by Crippen LogP contribution is -2.37. The molecule has 24 nitrogen and oxygen atoms in total. The number of aromatic nitrogens is 10. The third-order valence-electron chi connectivity index (χ3n) is 14.5. The Morgan fingerprint density at radius 3 is 2.19 bits per heavy atom. The molecule has 4 aliphatic rings. The van der Waals surface area contributed by atoms with Crippen molar-refractivity contribution in [1.29, 1.82) is 0 Å². The van der Waals surface area contributed by atoms with E-state index in [1.807, 2.05) is 28.9 Å². The quantitative estimate of drug-likeness (QED) is 0.0533. The largest absolute Gasteiger partial charge is 0.492 e. The number of ether oxygens (including phenoxy) is 4. The number of imidazole rings is 2. The predicted molar refractivity (Wildman–Crippen MR) is 300 cm³/mol. The molecule has 9 aromatic rings. The van der Waals surface area contributed by atoms with Gasteiger partial charge in [-0.1, -0.05) is 59.8 Å². The van der Waals surface area contributed by atoms with Crippen LogP contribution in [0.15, 0.2) is 128 Å². The highest BCUT2D eigenvalue weighted by atomic mass is 32.7. The molecule has 30 heteroatoms. The minimum Gasteiger partial charge on any atom is -0.492 e. The average Bonchev–Trinajstić information content (AvgIpc) is 2.84. The number of para-hydroxylation sites is 1. The molecule has 0 spiro atoms. The number of anilines is 3. The number of pyridine rings is 1. The van der Waals surface area contributed by atoms with Crippen molar-refractivity contribution >= 4 is 78.7 Å². The molecule has 4 N–H and O–H groups in total. The number of hydrogen-bond acceptors (Lipinski definition) is 22. The van der Waals surface area contributed by atoms with Gasteiger partial charge in [0.25, 0.3) is 7.47 Å². The summed E-state index contributed by atoms with van der Waals surface area (Å²) in [6, 6.07) is 30.8. The maximum atomic E-state index is 17.0. The Balaban J connectivity index is 0.690. The summed E-state index contributed by atoms with van der Waals surface area (Å²) in [4.78, 5) is 36.5. The summed E-state index contributed by atoms with van der Waals surface area (Å²) < 4.78 is 115. The lowest BCUT2D eigenvalue weighted by molar-refractivity contribution is -0.0546. The van der Waals surface area contributed by atoms with Crippen LogP contribution in [0.3, 0.4) is 0 Å². The minimum absolute atomic E-state index is 0.0171. The maximum absolute atomic E-state index is 17.0. The van der Waals surface area contributed by atoms with Crippen LogP contribution in [0, 0.1) is 0 Å². The van der Waals surface area contributed by atoms with Gasteiger partial charge in [-0.05, 0) is 71.0 Å². The Hall–Kier alpha value is -7.65.